The van der Waals surface area contributed by atoms with E-state index in [1.165, 1.54) is 24.4 Å². The van der Waals surface area contributed by atoms with Crippen LogP contribution in [0.1, 0.15) is 0 Å². The molecule has 2 N–H and O–H groups in total. The first-order chi connectivity index (χ1) is 8.16. The summed E-state index contributed by atoms with van der Waals surface area (Å²) in [6, 6.07) is 8.90. The molecule has 0 atom stereocenters. The van der Waals surface area contributed by atoms with Gasteiger partial charge in [0.2, 0.25) is 5.78 Å². The highest BCUT2D eigenvalue weighted by molar-refractivity contribution is 6.04. The van der Waals surface area contributed by atoms with Gasteiger partial charge in [-0.3, -0.25) is 10.0 Å². The Kier molecular flexibility index (Phi) is 3.07. The maximum atomic E-state index is 11.0. The molecule has 0 saturated carbocycles. The minimum atomic E-state index is -0.439. The van der Waals surface area contributed by atoms with Crippen molar-refractivity contribution in [2.75, 3.05) is 5.06 Å². The largest absolute Gasteiger partial charge is 0.504 e. The summed E-state index contributed by atoms with van der Waals surface area (Å²) in [5.74, 6) is -0.772. The van der Waals surface area contributed by atoms with Crippen LogP contribution in [0.25, 0.3) is 0 Å². The Morgan fingerprint density at radius 2 is 1.82 bits per heavy atom. The topological polar surface area (TPSA) is 60.8 Å². The van der Waals surface area contributed by atoms with Gasteiger partial charge in [0, 0.05) is 6.20 Å². The highest BCUT2D eigenvalue weighted by Crippen LogP contribution is 2.16. The van der Waals surface area contributed by atoms with E-state index in [4.69, 9.17) is 0 Å². The van der Waals surface area contributed by atoms with Gasteiger partial charge in [-0.25, -0.2) is 5.06 Å². The van der Waals surface area contributed by atoms with E-state index in [9.17, 15) is 15.1 Å². The van der Waals surface area contributed by atoms with Gasteiger partial charge in [0.05, 0.1) is 5.69 Å². The molecule has 0 amide bonds. The van der Waals surface area contributed by atoms with Gasteiger partial charge in [0.1, 0.15) is 0 Å². The summed E-state index contributed by atoms with van der Waals surface area (Å²) in [4.78, 5) is 11.0. The van der Waals surface area contributed by atoms with Crippen molar-refractivity contribution in [2.24, 2.45) is 0 Å². The van der Waals surface area contributed by atoms with E-state index in [1.54, 1.807) is 24.3 Å². The number of benzene rings is 1. The van der Waals surface area contributed by atoms with Crippen molar-refractivity contribution in [1.82, 2.24) is 0 Å². The molecule has 0 heterocycles. The highest BCUT2D eigenvalue weighted by atomic mass is 16.5. The second-order valence-corrected chi connectivity index (χ2v) is 3.54. The Hall–Kier alpha value is -2.33. The van der Waals surface area contributed by atoms with E-state index < -0.39 is 5.78 Å². The lowest BCUT2D eigenvalue weighted by atomic mass is 10.1. The standard InChI is InChI=1S/C13H11NO3/c15-12-7-6-10(8-13(12)16)9-14(17)11-4-2-1-3-5-11/h1-9,16-17H/b10-9+. The molecular weight excluding hydrogens is 218 g/mol. The van der Waals surface area contributed by atoms with Gasteiger partial charge in [-0.1, -0.05) is 18.2 Å². The Morgan fingerprint density at radius 1 is 1.12 bits per heavy atom. The zero-order valence-corrected chi connectivity index (χ0v) is 8.95. The summed E-state index contributed by atoms with van der Waals surface area (Å²) >= 11 is 0. The fourth-order valence-electron chi connectivity index (χ4n) is 1.41. The van der Waals surface area contributed by atoms with Crippen molar-refractivity contribution in [1.29, 1.82) is 0 Å². The second kappa shape index (κ2) is 4.67. The van der Waals surface area contributed by atoms with Crippen molar-refractivity contribution >= 4 is 11.5 Å². The first kappa shape index (κ1) is 11.2. The molecule has 0 spiro atoms. The maximum absolute atomic E-state index is 11.0. The first-order valence-corrected chi connectivity index (χ1v) is 5.05. The zero-order valence-electron chi connectivity index (χ0n) is 8.95. The number of ketones is 1. The van der Waals surface area contributed by atoms with Crippen molar-refractivity contribution < 1.29 is 15.1 Å². The molecule has 0 bridgehead atoms. The van der Waals surface area contributed by atoms with Crippen LogP contribution in [0, 0.1) is 0 Å². The average Bonchev–Trinajstić information content (AvgIpc) is 2.35. The SMILES string of the molecule is O=C1C=C/C(=C\N(O)c2ccccc2)C=C1O. The molecule has 1 aliphatic rings. The van der Waals surface area contributed by atoms with E-state index in [-0.39, 0.29) is 5.76 Å². The lowest BCUT2D eigenvalue weighted by Gasteiger charge is -2.13. The van der Waals surface area contributed by atoms with Gasteiger partial charge in [-0.2, -0.15) is 0 Å². The number of hydroxylamine groups is 1. The van der Waals surface area contributed by atoms with E-state index >= 15 is 0 Å². The van der Waals surface area contributed by atoms with Crippen molar-refractivity contribution in [3.05, 3.63) is 66.1 Å². The number of hydrogen-bond donors (Lipinski definition) is 2. The summed E-state index contributed by atoms with van der Waals surface area (Å²) in [5, 5.41) is 19.9. The average molecular weight is 229 g/mol. The van der Waals surface area contributed by atoms with Gasteiger partial charge in [0.25, 0.3) is 0 Å². The fraction of sp³-hybridized carbons (Fsp3) is 0. The number of para-hydroxylation sites is 1. The quantitative estimate of drug-likeness (QED) is 0.764. The number of hydrogen-bond acceptors (Lipinski definition) is 4. The van der Waals surface area contributed by atoms with Crippen molar-refractivity contribution in [2.45, 2.75) is 0 Å². The number of carbonyl (C=O) groups excluding carboxylic acids is 1. The van der Waals surface area contributed by atoms with Crippen LogP contribution in [-0.4, -0.2) is 16.1 Å². The molecule has 4 heteroatoms. The third kappa shape index (κ3) is 2.62. The van der Waals surface area contributed by atoms with Crippen LogP contribution in [0.5, 0.6) is 0 Å². The lowest BCUT2D eigenvalue weighted by Crippen LogP contribution is -2.11. The van der Waals surface area contributed by atoms with Crippen LogP contribution in [0.15, 0.2) is 66.1 Å². The summed E-state index contributed by atoms with van der Waals surface area (Å²) in [6.07, 6.45) is 5.48. The minimum Gasteiger partial charge on any atom is -0.504 e. The molecule has 0 fully saturated rings. The molecular formula is C13H11NO3. The number of aliphatic hydroxyl groups is 1. The van der Waals surface area contributed by atoms with Crippen LogP contribution < -0.4 is 5.06 Å². The number of carbonyl (C=O) groups is 1. The Balaban J connectivity index is 2.21. The molecule has 0 saturated heterocycles. The fourth-order valence-corrected chi connectivity index (χ4v) is 1.41. The van der Waals surface area contributed by atoms with Crippen LogP contribution >= 0.6 is 0 Å². The Bertz CT molecular complexity index is 515. The second-order valence-electron chi connectivity index (χ2n) is 3.54. The molecule has 0 aliphatic heterocycles. The van der Waals surface area contributed by atoms with Gasteiger partial charge in [-0.05, 0) is 35.9 Å². The highest BCUT2D eigenvalue weighted by Gasteiger charge is 2.10. The monoisotopic (exact) mass is 229 g/mol. The Labute approximate surface area is 98.4 Å². The number of anilines is 1. The maximum Gasteiger partial charge on any atom is 0.220 e. The molecule has 86 valence electrons. The summed E-state index contributed by atoms with van der Waals surface area (Å²) in [7, 11) is 0. The van der Waals surface area contributed by atoms with Crippen molar-refractivity contribution in [3.8, 4) is 0 Å². The lowest BCUT2D eigenvalue weighted by molar-refractivity contribution is -0.113. The molecule has 0 unspecified atom stereocenters. The van der Waals surface area contributed by atoms with E-state index in [0.29, 0.717) is 11.3 Å². The van der Waals surface area contributed by atoms with Crippen molar-refractivity contribution in [3.63, 3.8) is 0 Å². The normalized spacial score (nSPS) is 17.1. The van der Waals surface area contributed by atoms with E-state index in [1.807, 2.05) is 6.07 Å². The summed E-state index contributed by atoms with van der Waals surface area (Å²) in [5.41, 5.74) is 1.13. The Morgan fingerprint density at radius 3 is 2.47 bits per heavy atom. The van der Waals surface area contributed by atoms with Gasteiger partial charge >= 0.3 is 0 Å². The van der Waals surface area contributed by atoms with Crippen LogP contribution in [0.2, 0.25) is 0 Å². The smallest absolute Gasteiger partial charge is 0.220 e. The van der Waals surface area contributed by atoms with Gasteiger partial charge < -0.3 is 5.11 Å². The van der Waals surface area contributed by atoms with Gasteiger partial charge in [0.15, 0.2) is 5.76 Å². The molecule has 1 aromatic rings. The predicted octanol–water partition coefficient (Wildman–Crippen LogP) is 2.35. The molecule has 0 radical (unpaired) electrons. The number of nitrogens with zero attached hydrogens (tertiary/aromatic N) is 1. The summed E-state index contributed by atoms with van der Waals surface area (Å²) < 4.78 is 0. The number of allylic oxidation sites excluding steroid dienone is 4. The van der Waals surface area contributed by atoms with E-state index in [2.05, 4.69) is 0 Å². The van der Waals surface area contributed by atoms with Gasteiger partial charge in [-0.15, -0.1) is 0 Å². The number of aliphatic hydroxyl groups excluding tert-OH is 1. The van der Waals surface area contributed by atoms with Crippen LogP contribution in [0.4, 0.5) is 5.69 Å². The predicted molar refractivity (Wildman–Crippen MR) is 63.6 cm³/mol. The molecule has 0 aromatic heterocycles. The van der Waals surface area contributed by atoms with Crippen LogP contribution in [-0.2, 0) is 4.79 Å². The summed E-state index contributed by atoms with van der Waals surface area (Å²) in [6.45, 7) is 0. The third-order valence-electron chi connectivity index (χ3n) is 2.28. The first-order valence-electron chi connectivity index (χ1n) is 5.05. The third-order valence-corrected chi connectivity index (χ3v) is 2.28. The minimum absolute atomic E-state index is 0.333. The van der Waals surface area contributed by atoms with E-state index in [0.717, 1.165) is 5.06 Å². The zero-order chi connectivity index (χ0) is 12.3. The number of rotatable bonds is 2. The molecule has 17 heavy (non-hydrogen) atoms. The molecule has 2 rings (SSSR count). The van der Waals surface area contributed by atoms with Crippen LogP contribution in [0.3, 0.4) is 0 Å². The molecule has 4 nitrogen and oxygen atoms in total. The molecule has 1 aromatic carbocycles. The molecule has 1 aliphatic carbocycles.